The fourth-order valence-corrected chi connectivity index (χ4v) is 21.8. The fraction of sp³-hybridized carbons (Fsp3) is 0.500. The number of pyridine rings is 1. The number of rotatable bonds is 13. The van der Waals surface area contributed by atoms with Gasteiger partial charge in [0.2, 0.25) is 0 Å². The molecule has 0 saturated heterocycles. The van der Waals surface area contributed by atoms with Crippen LogP contribution in [0.5, 0.6) is 0 Å². The van der Waals surface area contributed by atoms with Crippen molar-refractivity contribution in [3.05, 3.63) is 59.4 Å². The van der Waals surface area contributed by atoms with E-state index in [2.05, 4.69) is 74.0 Å². The van der Waals surface area contributed by atoms with E-state index in [0.717, 1.165) is 16.4 Å². The van der Waals surface area contributed by atoms with Crippen molar-refractivity contribution in [3.63, 3.8) is 0 Å². The molecule has 1 aromatic carbocycles. The molecule has 0 aliphatic heterocycles. The number of halogens is 1. The van der Waals surface area contributed by atoms with Gasteiger partial charge in [0.15, 0.2) is 0 Å². The minimum absolute atomic E-state index is 0.783. The quantitative estimate of drug-likeness (QED) is 0.154. The van der Waals surface area contributed by atoms with Crippen molar-refractivity contribution in [2.45, 2.75) is 83.3 Å². The number of aromatic nitrogens is 2. The summed E-state index contributed by atoms with van der Waals surface area (Å²) in [5.41, 5.74) is 2.29. The molecule has 3 aromatic rings. The molecule has 0 aliphatic carbocycles. The number of imidazole rings is 1. The number of fused-ring (bicyclic) bond motifs is 1. The molecule has 0 N–H and O–H groups in total. The molecule has 0 atom stereocenters. The predicted molar refractivity (Wildman–Crippen MR) is 141 cm³/mol. The van der Waals surface area contributed by atoms with E-state index in [1.807, 2.05) is 11.8 Å². The minimum atomic E-state index is -2.59. The van der Waals surface area contributed by atoms with Gasteiger partial charge >= 0.3 is 203 Å². The van der Waals surface area contributed by atoms with Crippen LogP contribution in [0.15, 0.2) is 53.7 Å². The normalized spacial score (nSPS) is 12.0. The second-order valence-corrected chi connectivity index (χ2v) is 23.2. The van der Waals surface area contributed by atoms with Crippen LogP contribution in [0.2, 0.25) is 18.3 Å². The summed E-state index contributed by atoms with van der Waals surface area (Å²) in [6.45, 7) is 7.00. The third kappa shape index (κ3) is 6.45. The molecule has 0 unspecified atom stereocenters. The summed E-state index contributed by atoms with van der Waals surface area (Å²) in [5, 5.41) is 0.783. The maximum atomic E-state index is 6.75. The van der Waals surface area contributed by atoms with Crippen LogP contribution in [0.3, 0.4) is 0 Å². The molecule has 0 fully saturated rings. The third-order valence-electron chi connectivity index (χ3n) is 6.35. The molecule has 0 bridgehead atoms. The van der Waals surface area contributed by atoms with Gasteiger partial charge in [0.1, 0.15) is 0 Å². The molecule has 0 saturated carbocycles. The second-order valence-electron chi connectivity index (χ2n) is 8.73. The first kappa shape index (κ1) is 25.0. The molecule has 3 rings (SSSR count). The number of benzene rings is 1. The van der Waals surface area contributed by atoms with Gasteiger partial charge in [-0.3, -0.25) is 0 Å². The van der Waals surface area contributed by atoms with Gasteiger partial charge in [0.25, 0.3) is 0 Å². The van der Waals surface area contributed by atoms with Crippen LogP contribution in [-0.2, 0) is 5.75 Å². The molecule has 0 aliphatic rings. The molecule has 2 aromatic heterocycles. The summed E-state index contributed by atoms with van der Waals surface area (Å²) in [6.07, 6.45) is 12.5. The van der Waals surface area contributed by atoms with E-state index in [1.165, 1.54) is 62.3 Å². The van der Waals surface area contributed by atoms with Crippen molar-refractivity contribution in [2.75, 3.05) is 0 Å². The molecule has 0 spiro atoms. The summed E-state index contributed by atoms with van der Waals surface area (Å²) >= 11 is 6.03. The zero-order chi connectivity index (χ0) is 22.1. The van der Waals surface area contributed by atoms with Crippen LogP contribution in [0.25, 0.3) is 5.65 Å². The van der Waals surface area contributed by atoms with Crippen LogP contribution >= 0.6 is 23.4 Å². The average molecular weight is 564 g/mol. The standard InChI is InChI=1S/C14H10ClN2S.3C4H9.Sn/c15-13-8-12(9-17-7-6-16-14(13)17)18-10-11-4-2-1-3-5-11;3*1-3-4-2;/h1-6,8-9H,10H2;3*1,3-4H2,2H3;. The monoisotopic (exact) mass is 564 g/mol. The zero-order valence-corrected chi connectivity index (χ0v) is 23.8. The van der Waals surface area contributed by atoms with Crippen LogP contribution < -0.4 is 3.71 Å². The number of hydrogen-bond acceptors (Lipinski definition) is 2. The van der Waals surface area contributed by atoms with E-state index in [1.54, 1.807) is 3.71 Å². The van der Waals surface area contributed by atoms with Crippen molar-refractivity contribution < 1.29 is 0 Å². The van der Waals surface area contributed by atoms with Gasteiger partial charge in [-0.05, 0) is 0 Å². The van der Waals surface area contributed by atoms with Gasteiger partial charge in [-0.1, -0.05) is 0 Å². The van der Waals surface area contributed by atoms with Gasteiger partial charge in [-0.25, -0.2) is 0 Å². The SMILES string of the molecule is CCC[CH2][Sn]([CH2]CCC)([CH2]CCC)[c]1cnc2c(Cl)cc(SCc3ccccc3)cn12. The third-order valence-corrected chi connectivity index (χ3v) is 23.0. The number of nitrogens with zero attached hydrogens (tertiary/aromatic N) is 2. The summed E-state index contributed by atoms with van der Waals surface area (Å²) in [4.78, 5) is 6.08. The summed E-state index contributed by atoms with van der Waals surface area (Å²) in [6, 6.07) is 12.8. The Morgan fingerprint density at radius 1 is 0.935 bits per heavy atom. The van der Waals surface area contributed by atoms with E-state index in [0.29, 0.717) is 0 Å². The molecule has 2 nitrogen and oxygen atoms in total. The Morgan fingerprint density at radius 2 is 1.55 bits per heavy atom. The van der Waals surface area contributed by atoms with Gasteiger partial charge in [-0.15, -0.1) is 0 Å². The first-order valence-corrected chi connectivity index (χ1v) is 20.8. The summed E-state index contributed by atoms with van der Waals surface area (Å²) < 4.78 is 8.31. The van der Waals surface area contributed by atoms with Crippen LogP contribution in [0.1, 0.15) is 64.9 Å². The van der Waals surface area contributed by atoms with E-state index in [4.69, 9.17) is 16.6 Å². The van der Waals surface area contributed by atoms with Crippen LogP contribution in [0, 0.1) is 0 Å². The maximum absolute atomic E-state index is 6.75. The van der Waals surface area contributed by atoms with Crippen LogP contribution in [0.4, 0.5) is 0 Å². The van der Waals surface area contributed by atoms with E-state index >= 15 is 0 Å². The molecule has 31 heavy (non-hydrogen) atoms. The van der Waals surface area contributed by atoms with Crippen molar-refractivity contribution >= 4 is 51.1 Å². The molecule has 0 amide bonds. The van der Waals surface area contributed by atoms with Gasteiger partial charge in [0, 0.05) is 0 Å². The van der Waals surface area contributed by atoms with Gasteiger partial charge < -0.3 is 0 Å². The molecule has 0 radical (unpaired) electrons. The van der Waals surface area contributed by atoms with Crippen molar-refractivity contribution in [1.29, 1.82) is 0 Å². The predicted octanol–water partition coefficient (Wildman–Crippen LogP) is 8.34. The van der Waals surface area contributed by atoms with Crippen molar-refractivity contribution in [1.82, 2.24) is 9.38 Å². The number of thioether (sulfide) groups is 1. The Balaban J connectivity index is 1.99. The van der Waals surface area contributed by atoms with E-state index in [-0.39, 0.29) is 0 Å². The Hall–Kier alpha value is -0.651. The Bertz CT molecular complexity index is 919. The molecule has 2 heterocycles. The Kier molecular flexibility index (Phi) is 10.1. The number of unbranched alkanes of at least 4 members (excludes halogenated alkanes) is 3. The zero-order valence-electron chi connectivity index (χ0n) is 19.4. The van der Waals surface area contributed by atoms with Gasteiger partial charge in [-0.2, -0.15) is 0 Å². The van der Waals surface area contributed by atoms with Crippen LogP contribution in [-0.4, -0.2) is 27.8 Å². The molecule has 168 valence electrons. The summed E-state index contributed by atoms with van der Waals surface area (Å²) in [5.74, 6) is 0.961. The molecular formula is C26H37ClN2SSn. The van der Waals surface area contributed by atoms with Crippen molar-refractivity contribution in [3.8, 4) is 0 Å². The summed E-state index contributed by atoms with van der Waals surface area (Å²) in [7, 11) is 0. The Morgan fingerprint density at radius 3 is 2.13 bits per heavy atom. The van der Waals surface area contributed by atoms with Crippen molar-refractivity contribution in [2.24, 2.45) is 0 Å². The first-order chi connectivity index (χ1) is 15.1. The average Bonchev–Trinajstić information content (AvgIpc) is 3.23. The number of hydrogen-bond donors (Lipinski definition) is 0. The topological polar surface area (TPSA) is 17.3 Å². The molecular weight excluding hydrogens is 527 g/mol. The fourth-order valence-electron chi connectivity index (χ4n) is 4.54. The van der Waals surface area contributed by atoms with E-state index < -0.39 is 18.4 Å². The second kappa shape index (κ2) is 12.6. The molecule has 5 heteroatoms. The van der Waals surface area contributed by atoms with E-state index in [9.17, 15) is 0 Å². The first-order valence-electron chi connectivity index (χ1n) is 12.0. The van der Waals surface area contributed by atoms with Gasteiger partial charge in [0.05, 0.1) is 0 Å². The Labute approximate surface area is 202 Å².